The number of rotatable bonds is 6. The average Bonchev–Trinajstić information content (AvgIpc) is 2.52. The van der Waals surface area contributed by atoms with Crippen molar-refractivity contribution in [1.82, 2.24) is 10.6 Å². The highest BCUT2D eigenvalue weighted by Gasteiger charge is 2.16. The van der Waals surface area contributed by atoms with E-state index in [0.29, 0.717) is 12.5 Å². The van der Waals surface area contributed by atoms with Gasteiger partial charge in [-0.2, -0.15) is 0 Å². The fourth-order valence-corrected chi connectivity index (χ4v) is 2.98. The van der Waals surface area contributed by atoms with E-state index < -0.39 is 0 Å². The Bertz CT molecular complexity index is 441. The van der Waals surface area contributed by atoms with E-state index in [4.69, 9.17) is 11.6 Å². The van der Waals surface area contributed by atoms with E-state index in [-0.39, 0.29) is 11.9 Å². The minimum Gasteiger partial charge on any atom is -0.349 e. The molecule has 0 aliphatic carbocycles. The third-order valence-electron chi connectivity index (χ3n) is 4.15. The predicted molar refractivity (Wildman–Crippen MR) is 87.5 cm³/mol. The number of halogens is 1. The summed E-state index contributed by atoms with van der Waals surface area (Å²) in [5, 5.41) is 7.34. The van der Waals surface area contributed by atoms with Gasteiger partial charge in [-0.3, -0.25) is 4.79 Å². The van der Waals surface area contributed by atoms with Gasteiger partial charge in [-0.15, -0.1) is 0 Å². The van der Waals surface area contributed by atoms with E-state index in [0.717, 1.165) is 30.0 Å². The Morgan fingerprint density at radius 3 is 2.76 bits per heavy atom. The molecule has 1 heterocycles. The number of hydrogen-bond acceptors (Lipinski definition) is 2. The van der Waals surface area contributed by atoms with Crippen LogP contribution in [0.25, 0.3) is 0 Å². The van der Waals surface area contributed by atoms with Gasteiger partial charge >= 0.3 is 0 Å². The smallest absolute Gasteiger partial charge is 0.220 e. The molecule has 2 N–H and O–H groups in total. The van der Waals surface area contributed by atoms with Crippen LogP contribution in [0, 0.1) is 0 Å². The summed E-state index contributed by atoms with van der Waals surface area (Å²) >= 11 is 5.91. The molecule has 1 aromatic carbocycles. The molecule has 0 aromatic heterocycles. The summed E-state index contributed by atoms with van der Waals surface area (Å²) in [4.78, 5) is 12.1. The van der Waals surface area contributed by atoms with E-state index >= 15 is 0 Å². The van der Waals surface area contributed by atoms with Crippen LogP contribution >= 0.6 is 11.6 Å². The van der Waals surface area contributed by atoms with Gasteiger partial charge in [0.05, 0.1) is 6.04 Å². The number of carbonyl (C=O) groups is 1. The molecular formula is C17H25ClN2O. The van der Waals surface area contributed by atoms with E-state index in [1.807, 2.05) is 24.3 Å². The number of amides is 1. The van der Waals surface area contributed by atoms with Crippen molar-refractivity contribution in [1.29, 1.82) is 0 Å². The highest BCUT2D eigenvalue weighted by atomic mass is 35.5. The molecule has 2 rings (SSSR count). The average molecular weight is 309 g/mol. The van der Waals surface area contributed by atoms with Crippen LogP contribution in [-0.2, 0) is 4.79 Å². The normalized spacial score (nSPS) is 20.0. The third-order valence-corrected chi connectivity index (χ3v) is 4.40. The maximum atomic E-state index is 12.1. The number of nitrogens with one attached hydrogen (secondary N) is 2. The molecule has 0 spiro atoms. The summed E-state index contributed by atoms with van der Waals surface area (Å²) in [5.74, 6) is 0.143. The molecule has 0 radical (unpaired) electrons. The highest BCUT2D eigenvalue weighted by molar-refractivity contribution is 6.30. The maximum Gasteiger partial charge on any atom is 0.220 e. The zero-order chi connectivity index (χ0) is 15.1. The largest absolute Gasteiger partial charge is 0.349 e. The summed E-state index contributed by atoms with van der Waals surface area (Å²) in [6, 6.07) is 8.31. The zero-order valence-electron chi connectivity index (χ0n) is 12.7. The van der Waals surface area contributed by atoms with Crippen molar-refractivity contribution in [2.24, 2.45) is 0 Å². The van der Waals surface area contributed by atoms with E-state index in [9.17, 15) is 4.79 Å². The minimum absolute atomic E-state index is 0.0779. The molecule has 3 nitrogen and oxygen atoms in total. The number of benzene rings is 1. The molecule has 0 saturated carbocycles. The lowest BCUT2D eigenvalue weighted by Crippen LogP contribution is -2.36. The van der Waals surface area contributed by atoms with Crippen molar-refractivity contribution in [3.63, 3.8) is 0 Å². The van der Waals surface area contributed by atoms with Gasteiger partial charge in [0.25, 0.3) is 0 Å². The first kappa shape index (κ1) is 16.3. The van der Waals surface area contributed by atoms with Gasteiger partial charge in [0, 0.05) is 17.5 Å². The van der Waals surface area contributed by atoms with Crippen molar-refractivity contribution in [3.8, 4) is 0 Å². The lowest BCUT2D eigenvalue weighted by molar-refractivity contribution is -0.122. The first-order chi connectivity index (χ1) is 10.2. The van der Waals surface area contributed by atoms with Gasteiger partial charge < -0.3 is 10.6 Å². The summed E-state index contributed by atoms with van der Waals surface area (Å²) in [5.41, 5.74) is 1.12. The molecular weight excluding hydrogens is 284 g/mol. The van der Waals surface area contributed by atoms with Crippen molar-refractivity contribution >= 4 is 17.5 Å². The first-order valence-electron chi connectivity index (χ1n) is 7.97. The van der Waals surface area contributed by atoms with Crippen LogP contribution < -0.4 is 10.6 Å². The Morgan fingerprint density at radius 2 is 2.14 bits per heavy atom. The Kier molecular flexibility index (Phi) is 6.52. The summed E-state index contributed by atoms with van der Waals surface area (Å²) in [6.07, 6.45) is 6.15. The minimum atomic E-state index is 0.0779. The molecule has 1 fully saturated rings. The third kappa shape index (κ3) is 5.33. The second-order valence-corrected chi connectivity index (χ2v) is 6.20. The number of piperidine rings is 1. The fraction of sp³-hybridized carbons (Fsp3) is 0.588. The van der Waals surface area contributed by atoms with Crippen LogP contribution in [0.5, 0.6) is 0 Å². The molecule has 4 heteroatoms. The molecule has 116 valence electrons. The molecule has 2 atom stereocenters. The van der Waals surface area contributed by atoms with Gasteiger partial charge in [-0.1, -0.05) is 37.1 Å². The monoisotopic (exact) mass is 308 g/mol. The molecule has 1 aliphatic rings. The van der Waals surface area contributed by atoms with Gasteiger partial charge in [-0.25, -0.2) is 0 Å². The fourth-order valence-electron chi connectivity index (χ4n) is 2.86. The van der Waals surface area contributed by atoms with Crippen LogP contribution in [0.15, 0.2) is 24.3 Å². The lowest BCUT2D eigenvalue weighted by atomic mass is 10.00. The highest BCUT2D eigenvalue weighted by Crippen LogP contribution is 2.19. The standard InChI is InChI=1S/C17H25ClN2O/c1-2-16(13-6-8-14(18)9-7-13)20-17(21)11-10-15-5-3-4-12-19-15/h6-9,15-16,19H,2-5,10-12H2,1H3,(H,20,21). The lowest BCUT2D eigenvalue weighted by Gasteiger charge is -2.24. The van der Waals surface area contributed by atoms with Crippen molar-refractivity contribution in [2.75, 3.05) is 6.54 Å². The molecule has 1 saturated heterocycles. The second-order valence-electron chi connectivity index (χ2n) is 5.77. The number of hydrogen-bond donors (Lipinski definition) is 2. The van der Waals surface area contributed by atoms with Crippen LogP contribution in [0.1, 0.15) is 57.1 Å². The zero-order valence-corrected chi connectivity index (χ0v) is 13.5. The van der Waals surface area contributed by atoms with Crippen LogP contribution in [0.4, 0.5) is 0 Å². The van der Waals surface area contributed by atoms with Crippen molar-refractivity contribution in [3.05, 3.63) is 34.9 Å². The summed E-state index contributed by atoms with van der Waals surface area (Å²) in [6.45, 7) is 3.18. The van der Waals surface area contributed by atoms with Gasteiger partial charge in [-0.05, 0) is 49.9 Å². The molecule has 1 amide bonds. The van der Waals surface area contributed by atoms with Crippen molar-refractivity contribution < 1.29 is 4.79 Å². The van der Waals surface area contributed by atoms with Crippen LogP contribution in [0.2, 0.25) is 5.02 Å². The molecule has 1 aliphatic heterocycles. The summed E-state index contributed by atoms with van der Waals surface area (Å²) < 4.78 is 0. The Labute approximate surface area is 132 Å². The molecule has 1 aromatic rings. The maximum absolute atomic E-state index is 12.1. The van der Waals surface area contributed by atoms with E-state index in [1.165, 1.54) is 19.3 Å². The Hall–Kier alpha value is -1.06. The van der Waals surface area contributed by atoms with Gasteiger partial charge in [0.15, 0.2) is 0 Å². The summed E-state index contributed by atoms with van der Waals surface area (Å²) in [7, 11) is 0. The Balaban J connectivity index is 1.80. The predicted octanol–water partition coefficient (Wildman–Crippen LogP) is 3.83. The molecule has 21 heavy (non-hydrogen) atoms. The topological polar surface area (TPSA) is 41.1 Å². The van der Waals surface area contributed by atoms with Crippen LogP contribution in [0.3, 0.4) is 0 Å². The second kappa shape index (κ2) is 8.40. The van der Waals surface area contributed by atoms with Crippen LogP contribution in [-0.4, -0.2) is 18.5 Å². The Morgan fingerprint density at radius 1 is 1.38 bits per heavy atom. The number of carbonyl (C=O) groups excluding carboxylic acids is 1. The molecule has 0 bridgehead atoms. The first-order valence-corrected chi connectivity index (χ1v) is 8.35. The van der Waals surface area contributed by atoms with Gasteiger partial charge in [0.2, 0.25) is 5.91 Å². The van der Waals surface area contributed by atoms with E-state index in [2.05, 4.69) is 17.6 Å². The van der Waals surface area contributed by atoms with Crippen molar-refractivity contribution in [2.45, 2.75) is 57.5 Å². The van der Waals surface area contributed by atoms with Gasteiger partial charge in [0.1, 0.15) is 0 Å². The quantitative estimate of drug-likeness (QED) is 0.838. The SMILES string of the molecule is CCC(NC(=O)CCC1CCCCN1)c1ccc(Cl)cc1. The van der Waals surface area contributed by atoms with E-state index in [1.54, 1.807) is 0 Å². The molecule has 2 unspecified atom stereocenters.